The van der Waals surface area contributed by atoms with Gasteiger partial charge < -0.3 is 19.7 Å². The first kappa shape index (κ1) is 23.0. The second-order valence-electron chi connectivity index (χ2n) is 7.93. The minimum atomic E-state index is -0.261. The van der Waals surface area contributed by atoms with E-state index >= 15 is 0 Å². The summed E-state index contributed by atoms with van der Waals surface area (Å²) in [5, 5.41) is 3.43. The largest absolute Gasteiger partial charge is 0.482 e. The molecule has 5 nitrogen and oxygen atoms in total. The van der Waals surface area contributed by atoms with Crippen molar-refractivity contribution in [2.45, 2.75) is 32.8 Å². The molecule has 2 aromatic rings. The van der Waals surface area contributed by atoms with Crippen LogP contribution in [0.4, 0.5) is 0 Å². The quantitative estimate of drug-likeness (QED) is 0.751. The molecule has 0 unspecified atom stereocenters. The van der Waals surface area contributed by atoms with Crippen molar-refractivity contribution in [3.05, 3.63) is 71.3 Å². The summed E-state index contributed by atoms with van der Waals surface area (Å²) in [6.45, 7) is 5.69. The minimum absolute atomic E-state index is 0. The van der Waals surface area contributed by atoms with E-state index in [-0.39, 0.29) is 18.9 Å². The monoisotopic (exact) mass is 422 g/mol. The number of ether oxygens (including phenoxy) is 2. The fraction of sp³-hybridized carbons (Fsp3) is 0.423. The van der Waals surface area contributed by atoms with Crippen LogP contribution in [-0.2, 0) is 4.74 Å². The third-order valence-corrected chi connectivity index (χ3v) is 6.02. The number of nitrogens with zero attached hydrogens (tertiary/aromatic N) is 1. The average molecular weight is 423 g/mol. The van der Waals surface area contributed by atoms with Gasteiger partial charge in [0.05, 0.1) is 6.61 Å². The number of likely N-dealkylation sites (N-methyl/N-ethyl adjacent to an activating group) is 1. The molecule has 1 saturated heterocycles. The van der Waals surface area contributed by atoms with Gasteiger partial charge in [-0.2, -0.15) is 0 Å². The van der Waals surface area contributed by atoms with Crippen LogP contribution in [-0.4, -0.2) is 56.3 Å². The van der Waals surface area contributed by atoms with Crippen LogP contribution in [0.15, 0.2) is 54.6 Å². The Morgan fingerprint density at radius 2 is 1.84 bits per heavy atom. The van der Waals surface area contributed by atoms with Crippen LogP contribution >= 0.6 is 0 Å². The number of nitrogens with one attached hydrogen (secondary N) is 1. The summed E-state index contributed by atoms with van der Waals surface area (Å²) in [4.78, 5) is 14.6. The summed E-state index contributed by atoms with van der Waals surface area (Å²) in [7, 11) is 1.65. The number of amides is 1. The molecule has 2 aromatic carbocycles. The first-order chi connectivity index (χ1) is 14.7. The Balaban J connectivity index is 0.00000272. The predicted molar refractivity (Wildman–Crippen MR) is 126 cm³/mol. The number of para-hydroxylation sites is 1. The lowest BCUT2D eigenvalue weighted by atomic mass is 9.83. The van der Waals surface area contributed by atoms with Gasteiger partial charge in [0, 0.05) is 44.2 Å². The molecule has 0 aromatic heterocycles. The molecule has 0 aliphatic carbocycles. The number of methoxy groups -OCH3 is 1. The molecule has 5 heteroatoms. The molecule has 0 atom stereocenters. The molecule has 1 spiro atoms. The molecule has 1 N–H and O–H groups in total. The van der Waals surface area contributed by atoms with Crippen LogP contribution in [0.3, 0.4) is 0 Å². The molecular weight excluding hydrogens is 388 g/mol. The van der Waals surface area contributed by atoms with Crippen LogP contribution in [0.1, 0.15) is 48.7 Å². The Labute approximate surface area is 186 Å². The maximum absolute atomic E-state index is 12.8. The zero-order chi connectivity index (χ0) is 21.0. The van der Waals surface area contributed by atoms with Gasteiger partial charge in [-0.15, -0.1) is 0 Å². The molecule has 2 aliphatic heterocycles. The highest BCUT2D eigenvalue weighted by Gasteiger charge is 2.36. The van der Waals surface area contributed by atoms with E-state index in [1.54, 1.807) is 7.11 Å². The van der Waals surface area contributed by atoms with Crippen LogP contribution in [0.25, 0.3) is 5.57 Å². The fourth-order valence-electron chi connectivity index (χ4n) is 4.28. The molecule has 4 rings (SSSR count). The maximum atomic E-state index is 12.8. The minimum Gasteiger partial charge on any atom is -0.482 e. The van der Waals surface area contributed by atoms with E-state index in [2.05, 4.69) is 35.7 Å². The third-order valence-electron chi connectivity index (χ3n) is 6.02. The van der Waals surface area contributed by atoms with Crippen molar-refractivity contribution < 1.29 is 14.3 Å². The Kier molecular flexibility index (Phi) is 7.52. The van der Waals surface area contributed by atoms with Crippen molar-refractivity contribution in [2.24, 2.45) is 0 Å². The number of hydrogen-bond donors (Lipinski definition) is 1. The van der Waals surface area contributed by atoms with Gasteiger partial charge in [0.25, 0.3) is 5.91 Å². The molecule has 2 aliphatic rings. The van der Waals surface area contributed by atoms with Crippen LogP contribution in [0, 0.1) is 0 Å². The summed E-state index contributed by atoms with van der Waals surface area (Å²) in [6.07, 6.45) is 4.20. The van der Waals surface area contributed by atoms with Crippen molar-refractivity contribution >= 4 is 11.5 Å². The first-order valence-electron chi connectivity index (χ1n) is 10.8. The van der Waals surface area contributed by atoms with Gasteiger partial charge in [-0.3, -0.25) is 4.79 Å². The maximum Gasteiger partial charge on any atom is 0.253 e. The van der Waals surface area contributed by atoms with Crippen LogP contribution < -0.4 is 10.1 Å². The van der Waals surface area contributed by atoms with Gasteiger partial charge in [-0.25, -0.2) is 0 Å². The predicted octanol–water partition coefficient (Wildman–Crippen LogP) is 4.38. The summed E-state index contributed by atoms with van der Waals surface area (Å²) in [5.41, 5.74) is 3.85. The van der Waals surface area contributed by atoms with Gasteiger partial charge in [-0.1, -0.05) is 37.8 Å². The highest BCUT2D eigenvalue weighted by Crippen LogP contribution is 2.42. The van der Waals surface area contributed by atoms with E-state index in [9.17, 15) is 4.79 Å². The van der Waals surface area contributed by atoms with Gasteiger partial charge in [0.2, 0.25) is 0 Å². The second-order valence-corrected chi connectivity index (χ2v) is 7.93. The standard InChI is InChI=1S/C25H30N2O3.CH4/c1-3-27(16-17-29-2)24(28)20-10-8-19(9-11-20)22-18-25(12-14-26-15-13-25)30-23-7-5-4-6-21(22)23;/h4-11,18,26H,3,12-17H2,1-2H3;1H4. The van der Waals surface area contributed by atoms with Crippen molar-refractivity contribution in [3.8, 4) is 5.75 Å². The summed E-state index contributed by atoms with van der Waals surface area (Å²) in [5.74, 6) is 0.978. The summed E-state index contributed by atoms with van der Waals surface area (Å²) < 4.78 is 11.6. The number of carbonyl (C=O) groups excluding carboxylic acids is 1. The molecule has 0 saturated carbocycles. The smallest absolute Gasteiger partial charge is 0.253 e. The lowest BCUT2D eigenvalue weighted by molar-refractivity contribution is 0.0706. The topological polar surface area (TPSA) is 50.8 Å². The molecule has 0 radical (unpaired) electrons. The van der Waals surface area contributed by atoms with Gasteiger partial charge in [-0.05, 0) is 55.4 Å². The van der Waals surface area contributed by atoms with E-state index in [0.29, 0.717) is 25.3 Å². The van der Waals surface area contributed by atoms with Gasteiger partial charge in [0.1, 0.15) is 11.4 Å². The lowest BCUT2D eigenvalue weighted by Crippen LogP contribution is -2.46. The van der Waals surface area contributed by atoms with Crippen molar-refractivity contribution in [1.82, 2.24) is 10.2 Å². The van der Waals surface area contributed by atoms with Gasteiger partial charge >= 0.3 is 0 Å². The molecule has 2 heterocycles. The van der Waals surface area contributed by atoms with Gasteiger partial charge in [0.15, 0.2) is 0 Å². The Hall–Kier alpha value is -2.63. The number of rotatable bonds is 6. The first-order valence-corrected chi connectivity index (χ1v) is 10.8. The number of benzene rings is 2. The zero-order valence-electron chi connectivity index (χ0n) is 17.8. The Bertz CT molecular complexity index is 915. The summed E-state index contributed by atoms with van der Waals surface area (Å²) >= 11 is 0. The number of piperidine rings is 1. The highest BCUT2D eigenvalue weighted by atomic mass is 16.5. The molecule has 0 bridgehead atoms. The van der Waals surface area contributed by atoms with E-state index in [4.69, 9.17) is 9.47 Å². The molecular formula is C26H34N2O3. The second kappa shape index (κ2) is 10.1. The van der Waals surface area contributed by atoms with Crippen LogP contribution in [0.5, 0.6) is 5.75 Å². The molecule has 166 valence electrons. The summed E-state index contributed by atoms with van der Waals surface area (Å²) in [6, 6.07) is 16.2. The number of carbonyl (C=O) groups is 1. The molecule has 1 amide bonds. The van der Waals surface area contributed by atoms with Crippen molar-refractivity contribution in [3.63, 3.8) is 0 Å². The van der Waals surface area contributed by atoms with Crippen LogP contribution in [0.2, 0.25) is 0 Å². The Morgan fingerprint density at radius 3 is 2.52 bits per heavy atom. The van der Waals surface area contributed by atoms with E-state index < -0.39 is 0 Å². The molecule has 31 heavy (non-hydrogen) atoms. The number of hydrogen-bond acceptors (Lipinski definition) is 4. The lowest BCUT2D eigenvalue weighted by Gasteiger charge is -2.40. The average Bonchev–Trinajstić information content (AvgIpc) is 2.79. The molecule has 1 fully saturated rings. The van der Waals surface area contributed by atoms with Crippen molar-refractivity contribution in [1.29, 1.82) is 0 Å². The normalized spacial score (nSPS) is 16.5. The SMILES string of the molecule is C.CCN(CCOC)C(=O)c1ccc(C2=CC3(CCNCC3)Oc3ccccc32)cc1. The highest BCUT2D eigenvalue weighted by molar-refractivity contribution is 5.95. The fourth-order valence-corrected chi connectivity index (χ4v) is 4.28. The zero-order valence-corrected chi connectivity index (χ0v) is 17.8. The van der Waals surface area contributed by atoms with E-state index in [0.717, 1.165) is 42.8 Å². The Morgan fingerprint density at radius 1 is 1.13 bits per heavy atom. The third kappa shape index (κ3) is 4.83. The van der Waals surface area contributed by atoms with E-state index in [1.807, 2.05) is 36.1 Å². The van der Waals surface area contributed by atoms with E-state index in [1.165, 1.54) is 5.57 Å². The number of fused-ring (bicyclic) bond motifs is 1. The van der Waals surface area contributed by atoms with Crippen molar-refractivity contribution in [2.75, 3.05) is 39.9 Å².